The van der Waals surface area contributed by atoms with Crippen LogP contribution >= 0.6 is 23.5 Å². The third kappa shape index (κ3) is 6.64. The predicted octanol–water partition coefficient (Wildman–Crippen LogP) is 8.42. The first-order valence-electron chi connectivity index (χ1n) is 14.0. The van der Waals surface area contributed by atoms with Crippen molar-refractivity contribution in [3.63, 3.8) is 0 Å². The van der Waals surface area contributed by atoms with E-state index in [0.717, 1.165) is 68.9 Å². The lowest BCUT2D eigenvalue weighted by Crippen LogP contribution is -2.14. The van der Waals surface area contributed by atoms with Crippen LogP contribution in [-0.2, 0) is 6.54 Å². The van der Waals surface area contributed by atoms with Crippen LogP contribution in [-0.4, -0.2) is 41.6 Å². The van der Waals surface area contributed by atoms with Gasteiger partial charge in [0.2, 0.25) is 17.8 Å². The van der Waals surface area contributed by atoms with Crippen molar-refractivity contribution in [1.29, 1.82) is 0 Å². The second kappa shape index (κ2) is 13.6. The molecule has 0 bridgehead atoms. The molecule has 2 N–H and O–H groups in total. The first-order valence-corrected chi connectivity index (χ1v) is 16.3. The van der Waals surface area contributed by atoms with Crippen molar-refractivity contribution in [3.8, 4) is 0 Å². The van der Waals surface area contributed by atoms with Gasteiger partial charge >= 0.3 is 0 Å². The predicted molar refractivity (Wildman–Crippen MR) is 179 cm³/mol. The number of hydrogen-bond donors (Lipinski definition) is 2. The molecule has 6 aromatic rings. The Morgan fingerprint density at radius 1 is 0.643 bits per heavy atom. The van der Waals surface area contributed by atoms with Crippen LogP contribution in [0.1, 0.15) is 17.6 Å². The van der Waals surface area contributed by atoms with Gasteiger partial charge in [-0.2, -0.15) is 23.5 Å². The van der Waals surface area contributed by atoms with E-state index < -0.39 is 0 Å². The summed E-state index contributed by atoms with van der Waals surface area (Å²) in [6.45, 7) is 0.886. The summed E-state index contributed by atoms with van der Waals surface area (Å²) in [4.78, 5) is 22.8. The number of thioether (sulfide) groups is 2. The van der Waals surface area contributed by atoms with Crippen molar-refractivity contribution in [1.82, 2.24) is 19.1 Å². The van der Waals surface area contributed by atoms with E-state index in [4.69, 9.17) is 4.98 Å². The Labute approximate surface area is 253 Å². The number of para-hydroxylation sites is 6. The van der Waals surface area contributed by atoms with Gasteiger partial charge < -0.3 is 15.2 Å². The van der Waals surface area contributed by atoms with Gasteiger partial charge in [0.1, 0.15) is 0 Å². The van der Waals surface area contributed by atoms with Crippen LogP contribution in [0.25, 0.3) is 22.1 Å². The molecule has 2 heterocycles. The normalized spacial score (nSPS) is 11.2. The van der Waals surface area contributed by atoms with E-state index in [2.05, 4.69) is 50.5 Å². The summed E-state index contributed by atoms with van der Waals surface area (Å²) < 4.78 is 3.98. The molecule has 0 atom stereocenters. The van der Waals surface area contributed by atoms with Crippen molar-refractivity contribution in [2.45, 2.75) is 19.4 Å². The van der Waals surface area contributed by atoms with Crippen molar-refractivity contribution >= 4 is 74.8 Å². The van der Waals surface area contributed by atoms with Gasteiger partial charge in [0, 0.05) is 35.2 Å². The molecule has 9 heteroatoms. The molecular weight excluding hydrogens is 561 g/mol. The quantitative estimate of drug-likeness (QED) is 0.103. The molecule has 212 valence electrons. The van der Waals surface area contributed by atoms with E-state index in [1.807, 2.05) is 90.6 Å². The number of carbonyl (C=O) groups is 1. The number of aryl methyl sites for hydroxylation is 1. The van der Waals surface area contributed by atoms with E-state index in [1.54, 1.807) is 16.3 Å². The summed E-state index contributed by atoms with van der Waals surface area (Å²) in [5.41, 5.74) is 5.70. The molecule has 0 saturated carbocycles. The van der Waals surface area contributed by atoms with Crippen molar-refractivity contribution in [2.24, 2.45) is 0 Å². The number of nitrogens with zero attached hydrogens (tertiary/aromatic N) is 4. The van der Waals surface area contributed by atoms with Crippen LogP contribution < -0.4 is 10.6 Å². The molecule has 0 unspecified atom stereocenters. The zero-order valence-corrected chi connectivity index (χ0v) is 24.8. The van der Waals surface area contributed by atoms with Gasteiger partial charge in [-0.25, -0.2) is 14.5 Å². The van der Waals surface area contributed by atoms with Crippen molar-refractivity contribution in [3.05, 3.63) is 109 Å². The minimum atomic E-state index is 0.0464. The molecule has 0 radical (unpaired) electrons. The van der Waals surface area contributed by atoms with E-state index in [9.17, 15) is 4.79 Å². The first-order chi connectivity index (χ1) is 20.8. The minimum Gasteiger partial charge on any atom is -0.326 e. The Balaban J connectivity index is 0.990. The average Bonchev–Trinajstić information content (AvgIpc) is 3.56. The highest BCUT2D eigenvalue weighted by Crippen LogP contribution is 2.26. The molecule has 0 saturated heterocycles. The summed E-state index contributed by atoms with van der Waals surface area (Å²) in [5.74, 6) is 3.27. The number of carbonyl (C=O) groups excluding carboxylic acids is 1. The molecular formula is C33H32N6OS2. The third-order valence-electron chi connectivity index (χ3n) is 6.82. The molecule has 0 aliphatic carbocycles. The van der Waals surface area contributed by atoms with Gasteiger partial charge in [0.05, 0.1) is 22.1 Å². The highest BCUT2D eigenvalue weighted by atomic mass is 32.2. The van der Waals surface area contributed by atoms with Gasteiger partial charge in [-0.05, 0) is 60.7 Å². The highest BCUT2D eigenvalue weighted by molar-refractivity contribution is 8.15. The number of hydrogen-bond acceptors (Lipinski definition) is 7. The van der Waals surface area contributed by atoms with Gasteiger partial charge in [0.25, 0.3) is 0 Å². The lowest BCUT2D eigenvalue weighted by atomic mass is 10.3. The van der Waals surface area contributed by atoms with Gasteiger partial charge in [0.15, 0.2) is 0 Å². The fraction of sp³-hybridized carbons (Fsp3) is 0.182. The van der Waals surface area contributed by atoms with Crippen LogP contribution in [0.15, 0.2) is 109 Å². The lowest BCUT2D eigenvalue weighted by molar-refractivity contribution is 0.0917. The number of fused-ring (bicyclic) bond motifs is 2. The topological polar surface area (TPSA) is 76.8 Å². The van der Waals surface area contributed by atoms with E-state index in [0.29, 0.717) is 12.4 Å². The zero-order chi connectivity index (χ0) is 28.6. The molecule has 0 aliphatic rings. The SMILES string of the molecule is O=C(CCSCSCCCn1c(Nc2ccccc2)nc2ccccc21)n1c(Nc2ccccc2)nc2ccccc21. The summed E-state index contributed by atoms with van der Waals surface area (Å²) >= 11 is 3.72. The molecule has 0 spiro atoms. The fourth-order valence-electron chi connectivity index (χ4n) is 4.83. The number of rotatable bonds is 13. The van der Waals surface area contributed by atoms with E-state index in [-0.39, 0.29) is 5.91 Å². The molecule has 7 nitrogen and oxygen atoms in total. The monoisotopic (exact) mass is 592 g/mol. The Kier molecular flexibility index (Phi) is 9.07. The van der Waals surface area contributed by atoms with Crippen LogP contribution in [0.3, 0.4) is 0 Å². The molecule has 2 aromatic heterocycles. The van der Waals surface area contributed by atoms with E-state index >= 15 is 0 Å². The maximum atomic E-state index is 13.3. The van der Waals surface area contributed by atoms with Crippen molar-refractivity contribution in [2.75, 3.05) is 27.2 Å². The maximum absolute atomic E-state index is 13.3. The van der Waals surface area contributed by atoms with Crippen LogP contribution in [0, 0.1) is 0 Å². The molecule has 0 aliphatic heterocycles. The van der Waals surface area contributed by atoms with Gasteiger partial charge in [-0.1, -0.05) is 60.7 Å². The van der Waals surface area contributed by atoms with Crippen molar-refractivity contribution < 1.29 is 4.79 Å². The third-order valence-corrected chi connectivity index (χ3v) is 9.23. The maximum Gasteiger partial charge on any atom is 0.234 e. The van der Waals surface area contributed by atoms with Gasteiger partial charge in [-0.3, -0.25) is 4.79 Å². The van der Waals surface area contributed by atoms with Gasteiger partial charge in [-0.15, -0.1) is 0 Å². The Morgan fingerprint density at radius 2 is 1.19 bits per heavy atom. The first kappa shape index (κ1) is 27.9. The second-order valence-electron chi connectivity index (χ2n) is 9.75. The van der Waals surface area contributed by atoms with Crippen LogP contribution in [0.2, 0.25) is 0 Å². The summed E-state index contributed by atoms with van der Waals surface area (Å²) in [5, 5.41) is 7.75. The summed E-state index contributed by atoms with van der Waals surface area (Å²) in [6.07, 6.45) is 1.48. The molecule has 0 amide bonds. The number of benzene rings is 4. The number of aromatic nitrogens is 4. The zero-order valence-electron chi connectivity index (χ0n) is 23.1. The Bertz CT molecular complexity index is 1770. The summed E-state index contributed by atoms with van der Waals surface area (Å²) in [6, 6.07) is 36.0. The number of nitrogens with one attached hydrogen (secondary N) is 2. The van der Waals surface area contributed by atoms with Crippen LogP contribution in [0.4, 0.5) is 23.3 Å². The smallest absolute Gasteiger partial charge is 0.234 e. The minimum absolute atomic E-state index is 0.0464. The largest absolute Gasteiger partial charge is 0.326 e. The average molecular weight is 593 g/mol. The highest BCUT2D eigenvalue weighted by Gasteiger charge is 2.17. The lowest BCUT2D eigenvalue weighted by Gasteiger charge is -2.11. The summed E-state index contributed by atoms with van der Waals surface area (Å²) in [7, 11) is 0. The number of imidazole rings is 2. The molecule has 4 aromatic carbocycles. The Morgan fingerprint density at radius 3 is 1.90 bits per heavy atom. The second-order valence-corrected chi connectivity index (χ2v) is 12.3. The molecule has 6 rings (SSSR count). The number of anilines is 4. The molecule has 42 heavy (non-hydrogen) atoms. The Hall–Kier alpha value is -4.21. The molecule has 0 fully saturated rings. The fourth-order valence-corrected chi connectivity index (χ4v) is 6.90. The van der Waals surface area contributed by atoms with E-state index in [1.165, 1.54) is 0 Å². The standard InChI is InChI=1S/C33H32N6OS2/c40-31(39-30-19-10-8-17-28(30)37-33(39)35-26-14-5-2-6-15-26)20-23-42-24-41-22-11-21-38-29-18-9-7-16-27(29)36-32(38)34-25-12-3-1-4-13-25/h1-10,12-19H,11,20-24H2,(H,34,36)(H,35,37). The van der Waals surface area contributed by atoms with Crippen LogP contribution in [0.5, 0.6) is 0 Å².